The van der Waals surface area contributed by atoms with Crippen molar-refractivity contribution in [3.05, 3.63) is 65.4 Å². The molecule has 164 valence electrons. The fourth-order valence-corrected chi connectivity index (χ4v) is 2.88. The van der Waals surface area contributed by atoms with Gasteiger partial charge in [-0.3, -0.25) is 0 Å². The Morgan fingerprint density at radius 3 is 2.45 bits per heavy atom. The van der Waals surface area contributed by atoms with Crippen molar-refractivity contribution in [2.75, 3.05) is 0 Å². The molecule has 0 saturated carbocycles. The number of esters is 1. The molecule has 2 aromatic carbocycles. The summed E-state index contributed by atoms with van der Waals surface area (Å²) < 4.78 is 38.9. The Morgan fingerprint density at radius 1 is 1.13 bits per heavy atom. The van der Waals surface area contributed by atoms with Gasteiger partial charge in [0.1, 0.15) is 41.3 Å². The van der Waals surface area contributed by atoms with Crippen LogP contribution >= 0.6 is 0 Å². The smallest absolute Gasteiger partial charge is 0.416 e. The molecule has 31 heavy (non-hydrogen) atoms. The molecule has 1 N–H and O–H groups in total. The van der Waals surface area contributed by atoms with Crippen LogP contribution in [0.3, 0.4) is 0 Å². The van der Waals surface area contributed by atoms with Crippen molar-refractivity contribution < 1.29 is 33.0 Å². The molecule has 0 spiro atoms. The lowest BCUT2D eigenvalue weighted by atomic mass is 9.90. The second-order valence-electron chi connectivity index (χ2n) is 8.28. The van der Waals surface area contributed by atoms with Crippen LogP contribution in [0.25, 0.3) is 10.9 Å². The largest absolute Gasteiger partial charge is 0.487 e. The third-order valence-electron chi connectivity index (χ3n) is 5.09. The lowest BCUT2D eigenvalue weighted by molar-refractivity contribution is 0.00382. The second-order valence-corrected chi connectivity index (χ2v) is 8.28. The van der Waals surface area contributed by atoms with Crippen LogP contribution in [0.4, 0.5) is 13.6 Å². The summed E-state index contributed by atoms with van der Waals surface area (Å²) in [7, 11) is 0. The van der Waals surface area contributed by atoms with Gasteiger partial charge in [-0.1, -0.05) is 32.9 Å². The van der Waals surface area contributed by atoms with Crippen LogP contribution in [-0.2, 0) is 11.3 Å². The fourth-order valence-electron chi connectivity index (χ4n) is 2.88. The van der Waals surface area contributed by atoms with Crippen molar-refractivity contribution in [1.29, 1.82) is 0 Å². The van der Waals surface area contributed by atoms with E-state index in [-0.39, 0.29) is 34.5 Å². The van der Waals surface area contributed by atoms with Gasteiger partial charge in [0, 0.05) is 17.0 Å². The molecular weight excluding hydrogens is 408 g/mol. The Balaban J connectivity index is 1.99. The number of benzene rings is 2. The average molecular weight is 431 g/mol. The van der Waals surface area contributed by atoms with Gasteiger partial charge in [-0.2, -0.15) is 0 Å². The second kappa shape index (κ2) is 8.37. The van der Waals surface area contributed by atoms with Gasteiger partial charge in [0.15, 0.2) is 0 Å². The summed E-state index contributed by atoms with van der Waals surface area (Å²) in [5.74, 6) is -2.14. The molecule has 0 bridgehead atoms. The van der Waals surface area contributed by atoms with E-state index in [4.69, 9.17) is 9.47 Å². The standard InChI is InChI=1S/C23H23F2NO5/c1-13(23(2,3)4)31-21(27)18-10-14-6-5-7-19(20(14)26(18)22(28)29)30-12-15-8-9-16(24)11-17(15)25/h5-11,13H,12H2,1-4H3,(H,28,29). The Hall–Kier alpha value is -3.42. The number of carbonyl (C=O) groups is 2. The zero-order valence-electron chi connectivity index (χ0n) is 17.6. The Kier molecular flexibility index (Phi) is 6.01. The van der Waals surface area contributed by atoms with Crippen molar-refractivity contribution in [3.8, 4) is 5.75 Å². The highest BCUT2D eigenvalue weighted by molar-refractivity contribution is 6.03. The minimum atomic E-state index is -1.39. The van der Waals surface area contributed by atoms with E-state index in [1.54, 1.807) is 19.1 Å². The summed E-state index contributed by atoms with van der Waals surface area (Å²) in [6, 6.07) is 9.26. The van der Waals surface area contributed by atoms with E-state index >= 15 is 0 Å². The summed E-state index contributed by atoms with van der Waals surface area (Å²) >= 11 is 0. The topological polar surface area (TPSA) is 77.8 Å². The van der Waals surface area contributed by atoms with Gasteiger partial charge in [0.05, 0.1) is 0 Å². The maximum absolute atomic E-state index is 13.9. The maximum atomic E-state index is 13.9. The van der Waals surface area contributed by atoms with Crippen LogP contribution in [0.15, 0.2) is 42.5 Å². The molecule has 0 aliphatic heterocycles. The van der Waals surface area contributed by atoms with Crippen LogP contribution in [0.5, 0.6) is 5.75 Å². The number of hydrogen-bond donors (Lipinski definition) is 1. The van der Waals surface area contributed by atoms with Gasteiger partial charge in [-0.15, -0.1) is 0 Å². The minimum absolute atomic E-state index is 0.102. The van der Waals surface area contributed by atoms with Gasteiger partial charge >= 0.3 is 12.1 Å². The SMILES string of the molecule is CC(OC(=O)c1cc2cccc(OCc3ccc(F)cc3F)c2n1C(=O)O)C(C)(C)C. The number of para-hydroxylation sites is 1. The van der Waals surface area contributed by atoms with E-state index in [2.05, 4.69) is 0 Å². The number of carboxylic acid groups (broad SMARTS) is 1. The Morgan fingerprint density at radius 2 is 1.84 bits per heavy atom. The lowest BCUT2D eigenvalue weighted by Crippen LogP contribution is -2.30. The van der Waals surface area contributed by atoms with E-state index in [0.29, 0.717) is 5.39 Å². The highest BCUT2D eigenvalue weighted by Crippen LogP contribution is 2.31. The lowest BCUT2D eigenvalue weighted by Gasteiger charge is -2.26. The average Bonchev–Trinajstić information content (AvgIpc) is 3.07. The van der Waals surface area contributed by atoms with E-state index < -0.39 is 29.8 Å². The van der Waals surface area contributed by atoms with Crippen molar-refractivity contribution in [3.63, 3.8) is 0 Å². The third-order valence-corrected chi connectivity index (χ3v) is 5.09. The van der Waals surface area contributed by atoms with Gasteiger partial charge in [0.25, 0.3) is 0 Å². The Bertz CT molecular complexity index is 1150. The molecule has 6 nitrogen and oxygen atoms in total. The van der Waals surface area contributed by atoms with Crippen LogP contribution in [0.2, 0.25) is 0 Å². The minimum Gasteiger partial charge on any atom is -0.487 e. The first-order chi connectivity index (χ1) is 14.5. The molecule has 1 heterocycles. The summed E-state index contributed by atoms with van der Waals surface area (Å²) in [4.78, 5) is 24.7. The molecule has 0 amide bonds. The third kappa shape index (κ3) is 4.68. The van der Waals surface area contributed by atoms with E-state index in [1.165, 1.54) is 18.2 Å². The fraction of sp³-hybridized carbons (Fsp3) is 0.304. The molecule has 0 radical (unpaired) electrons. The molecule has 3 rings (SSSR count). The number of carbonyl (C=O) groups excluding carboxylic acids is 1. The van der Waals surface area contributed by atoms with Crippen LogP contribution in [0, 0.1) is 17.0 Å². The van der Waals surface area contributed by atoms with Crippen LogP contribution in [0.1, 0.15) is 43.7 Å². The number of ether oxygens (including phenoxy) is 2. The van der Waals surface area contributed by atoms with Gasteiger partial charge in [-0.05, 0) is 36.6 Å². The first-order valence-electron chi connectivity index (χ1n) is 9.64. The zero-order chi connectivity index (χ0) is 22.9. The molecule has 0 aliphatic rings. The van der Waals surface area contributed by atoms with Gasteiger partial charge in [0.2, 0.25) is 0 Å². The van der Waals surface area contributed by atoms with Gasteiger partial charge < -0.3 is 14.6 Å². The summed E-state index contributed by atoms with van der Waals surface area (Å²) in [5, 5.41) is 10.2. The molecule has 1 aromatic heterocycles. The van der Waals surface area contributed by atoms with Crippen LogP contribution in [-0.4, -0.2) is 27.8 Å². The highest BCUT2D eigenvalue weighted by atomic mass is 19.1. The van der Waals surface area contributed by atoms with Crippen molar-refractivity contribution in [2.45, 2.75) is 40.4 Å². The predicted molar refractivity (Wildman–Crippen MR) is 110 cm³/mol. The van der Waals surface area contributed by atoms with Crippen LogP contribution < -0.4 is 4.74 Å². The molecule has 0 aliphatic carbocycles. The Labute approximate surface area is 178 Å². The molecule has 1 atom stereocenters. The number of halogens is 2. The predicted octanol–water partition coefficient (Wildman–Crippen LogP) is 5.62. The van der Waals surface area contributed by atoms with E-state index in [9.17, 15) is 23.5 Å². The quantitative estimate of drug-likeness (QED) is 0.531. The van der Waals surface area contributed by atoms with Gasteiger partial charge in [-0.25, -0.2) is 22.9 Å². The van der Waals surface area contributed by atoms with Crippen molar-refractivity contribution >= 4 is 23.0 Å². The first kappa shape index (κ1) is 22.3. The van der Waals surface area contributed by atoms with Crippen molar-refractivity contribution in [1.82, 2.24) is 4.57 Å². The summed E-state index contributed by atoms with van der Waals surface area (Å²) in [5.41, 5.74) is -0.260. The summed E-state index contributed by atoms with van der Waals surface area (Å²) in [6.07, 6.45) is -1.85. The number of aromatic nitrogens is 1. The molecule has 0 saturated heterocycles. The maximum Gasteiger partial charge on any atom is 0.416 e. The highest BCUT2D eigenvalue weighted by Gasteiger charge is 2.28. The number of nitrogens with zero attached hydrogens (tertiary/aromatic N) is 1. The molecule has 8 heteroatoms. The zero-order valence-corrected chi connectivity index (χ0v) is 17.6. The first-order valence-corrected chi connectivity index (χ1v) is 9.64. The molecular formula is C23H23F2NO5. The molecule has 1 unspecified atom stereocenters. The number of rotatable bonds is 5. The number of fused-ring (bicyclic) bond motifs is 1. The van der Waals surface area contributed by atoms with E-state index in [0.717, 1.165) is 16.7 Å². The molecule has 0 fully saturated rings. The summed E-state index contributed by atoms with van der Waals surface area (Å²) in [6.45, 7) is 7.18. The number of hydrogen-bond acceptors (Lipinski definition) is 4. The monoisotopic (exact) mass is 431 g/mol. The van der Waals surface area contributed by atoms with E-state index in [1.807, 2.05) is 20.8 Å². The molecule has 3 aromatic rings. The normalized spacial score (nSPS) is 12.6. The van der Waals surface area contributed by atoms with Crippen molar-refractivity contribution in [2.24, 2.45) is 5.41 Å².